The van der Waals surface area contributed by atoms with Crippen LogP contribution in [0.1, 0.15) is 43.6 Å². The third kappa shape index (κ3) is 4.40. The highest BCUT2D eigenvalue weighted by Gasteiger charge is 2.22. The Hall–Kier alpha value is -1.43. The summed E-state index contributed by atoms with van der Waals surface area (Å²) in [5.41, 5.74) is 3.03. The second-order valence-electron chi connectivity index (χ2n) is 6.75. The third-order valence-electron chi connectivity index (χ3n) is 4.70. The Balaban J connectivity index is 1.95. The highest BCUT2D eigenvalue weighted by atomic mass is 35.5. The monoisotopic (exact) mass is 377 g/mol. The predicted octanol–water partition coefficient (Wildman–Crippen LogP) is 5.10. The van der Waals surface area contributed by atoms with E-state index in [0.29, 0.717) is 11.2 Å². The smallest absolute Gasteiger partial charge is 0.223 e. The number of carbonyl (C=O) groups is 1. The van der Waals surface area contributed by atoms with Crippen molar-refractivity contribution in [3.63, 3.8) is 0 Å². The second-order valence-corrected chi connectivity index (χ2v) is 8.24. The van der Waals surface area contributed by atoms with Gasteiger partial charge in [-0.3, -0.25) is 9.69 Å². The molecule has 1 aromatic carbocycles. The van der Waals surface area contributed by atoms with Gasteiger partial charge in [0.05, 0.1) is 5.69 Å². The minimum absolute atomic E-state index is 0.0922. The number of thiazole rings is 1. The Kier molecular flexibility index (Phi) is 5.77. The van der Waals surface area contributed by atoms with Crippen molar-refractivity contribution in [2.45, 2.75) is 52.6 Å². The Bertz CT molecular complexity index is 774. The van der Waals surface area contributed by atoms with Crippen molar-refractivity contribution >= 4 is 34.0 Å². The Morgan fingerprint density at radius 2 is 2.24 bits per heavy atom. The molecule has 2 aromatic rings. The van der Waals surface area contributed by atoms with Crippen molar-refractivity contribution in [2.24, 2.45) is 0 Å². The first-order chi connectivity index (χ1) is 11.9. The molecule has 1 saturated heterocycles. The van der Waals surface area contributed by atoms with E-state index in [1.54, 1.807) is 11.3 Å². The summed E-state index contributed by atoms with van der Waals surface area (Å²) in [6.07, 6.45) is 3.80. The van der Waals surface area contributed by atoms with Crippen molar-refractivity contribution in [3.8, 4) is 11.3 Å². The zero-order valence-electron chi connectivity index (χ0n) is 14.9. The predicted molar refractivity (Wildman–Crippen MR) is 105 cm³/mol. The molecular weight excluding hydrogens is 354 g/mol. The number of hydrogen-bond donors (Lipinski definition) is 1. The van der Waals surface area contributed by atoms with E-state index < -0.39 is 0 Å². The summed E-state index contributed by atoms with van der Waals surface area (Å²) in [5, 5.41) is 4.25. The highest BCUT2D eigenvalue weighted by molar-refractivity contribution is 7.16. The summed E-state index contributed by atoms with van der Waals surface area (Å²) in [6.45, 7) is 7.79. The number of halogens is 1. The topological polar surface area (TPSA) is 45.2 Å². The zero-order valence-corrected chi connectivity index (χ0v) is 16.5. The van der Waals surface area contributed by atoms with Crippen LogP contribution in [0.3, 0.4) is 0 Å². The zero-order chi connectivity index (χ0) is 18.0. The quantitative estimate of drug-likeness (QED) is 0.805. The van der Waals surface area contributed by atoms with Gasteiger partial charge in [0.15, 0.2) is 5.13 Å². The van der Waals surface area contributed by atoms with Crippen molar-refractivity contribution in [3.05, 3.63) is 33.7 Å². The molecule has 25 heavy (non-hydrogen) atoms. The van der Waals surface area contributed by atoms with Crippen molar-refractivity contribution in [1.82, 2.24) is 9.88 Å². The Labute approximate surface area is 158 Å². The number of likely N-dealkylation sites (tertiary alicyclic amines) is 1. The van der Waals surface area contributed by atoms with E-state index in [-0.39, 0.29) is 5.91 Å². The molecule has 1 aliphatic heterocycles. The molecule has 0 bridgehead atoms. The van der Waals surface area contributed by atoms with Gasteiger partial charge in [-0.05, 0) is 50.9 Å². The molecule has 2 heterocycles. The molecule has 1 N–H and O–H groups in total. The molecule has 3 rings (SSSR count). The summed E-state index contributed by atoms with van der Waals surface area (Å²) in [6, 6.07) is 6.57. The van der Waals surface area contributed by atoms with E-state index >= 15 is 0 Å². The molecule has 0 radical (unpaired) electrons. The number of carbonyl (C=O) groups excluding carboxylic acids is 1. The molecule has 134 valence electrons. The van der Waals surface area contributed by atoms with Gasteiger partial charge in [-0.2, -0.15) is 0 Å². The fraction of sp³-hybridized carbons (Fsp3) is 0.474. The second kappa shape index (κ2) is 7.85. The fourth-order valence-electron chi connectivity index (χ4n) is 3.26. The first-order valence-corrected chi connectivity index (χ1v) is 9.91. The summed E-state index contributed by atoms with van der Waals surface area (Å²) in [7, 11) is 0. The molecular formula is C19H24ClN3OS. The number of nitrogens with one attached hydrogen (secondary N) is 1. The van der Waals surface area contributed by atoms with Crippen molar-refractivity contribution in [2.75, 3.05) is 11.9 Å². The molecule has 6 heteroatoms. The summed E-state index contributed by atoms with van der Waals surface area (Å²) < 4.78 is 0. The van der Waals surface area contributed by atoms with E-state index in [2.05, 4.69) is 23.2 Å². The average molecular weight is 378 g/mol. The average Bonchev–Trinajstić information content (AvgIpc) is 2.94. The lowest BCUT2D eigenvalue weighted by molar-refractivity contribution is -0.114. The minimum Gasteiger partial charge on any atom is -0.302 e. The first kappa shape index (κ1) is 18.4. The molecule has 0 saturated carbocycles. The van der Waals surface area contributed by atoms with Gasteiger partial charge in [0.1, 0.15) is 0 Å². The molecule has 1 atom stereocenters. The lowest BCUT2D eigenvalue weighted by Gasteiger charge is -2.33. The van der Waals surface area contributed by atoms with Crippen LogP contribution in [0, 0.1) is 6.92 Å². The lowest BCUT2D eigenvalue weighted by Crippen LogP contribution is -2.36. The standard InChI is InChI=1S/C19H24ClN3OS/c1-12-10-15(7-8-16(12)20)18-17(25-19(22-18)21-14(3)24)11-23-9-5-4-6-13(23)2/h7-8,10,13H,4-6,9,11H2,1-3H3,(H,21,22,24)/t13-/m1/s1. The van der Waals surface area contributed by atoms with Gasteiger partial charge < -0.3 is 5.32 Å². The Morgan fingerprint density at radius 3 is 2.92 bits per heavy atom. The maximum absolute atomic E-state index is 11.4. The molecule has 0 spiro atoms. The number of piperidine rings is 1. The van der Waals surface area contributed by atoms with Crippen LogP contribution in [0.5, 0.6) is 0 Å². The van der Waals surface area contributed by atoms with Crippen molar-refractivity contribution in [1.29, 1.82) is 0 Å². The fourth-order valence-corrected chi connectivity index (χ4v) is 4.43. The normalized spacial score (nSPS) is 18.3. The van der Waals surface area contributed by atoms with Crippen LogP contribution in [0.4, 0.5) is 5.13 Å². The number of aryl methyl sites for hydroxylation is 1. The summed E-state index contributed by atoms with van der Waals surface area (Å²) in [5.74, 6) is -0.0922. The van der Waals surface area contributed by atoms with E-state index in [4.69, 9.17) is 16.6 Å². The van der Waals surface area contributed by atoms with Crippen LogP contribution in [-0.4, -0.2) is 28.4 Å². The van der Waals surface area contributed by atoms with Crippen LogP contribution < -0.4 is 5.32 Å². The van der Waals surface area contributed by atoms with Crippen LogP contribution in [-0.2, 0) is 11.3 Å². The maximum atomic E-state index is 11.4. The number of rotatable bonds is 4. The molecule has 0 unspecified atom stereocenters. The molecule has 1 amide bonds. The largest absolute Gasteiger partial charge is 0.302 e. The number of nitrogens with zero attached hydrogens (tertiary/aromatic N) is 2. The van der Waals surface area contributed by atoms with Crippen LogP contribution in [0.25, 0.3) is 11.3 Å². The lowest BCUT2D eigenvalue weighted by atomic mass is 10.0. The van der Waals surface area contributed by atoms with Crippen LogP contribution in [0.2, 0.25) is 5.02 Å². The number of aromatic nitrogens is 1. The van der Waals surface area contributed by atoms with Crippen LogP contribution in [0.15, 0.2) is 18.2 Å². The molecule has 1 aliphatic rings. The first-order valence-electron chi connectivity index (χ1n) is 8.72. The molecule has 0 aliphatic carbocycles. The van der Waals surface area contributed by atoms with Gasteiger partial charge in [0.2, 0.25) is 5.91 Å². The van der Waals surface area contributed by atoms with Gasteiger partial charge in [0, 0.05) is 35.0 Å². The van der Waals surface area contributed by atoms with E-state index in [9.17, 15) is 4.79 Å². The van der Waals surface area contributed by atoms with Crippen molar-refractivity contribution < 1.29 is 4.79 Å². The molecule has 1 fully saturated rings. The van der Waals surface area contributed by atoms with Crippen LogP contribution >= 0.6 is 22.9 Å². The summed E-state index contributed by atoms with van der Waals surface area (Å²) in [4.78, 5) is 19.8. The summed E-state index contributed by atoms with van der Waals surface area (Å²) >= 11 is 7.74. The molecule has 1 aromatic heterocycles. The number of hydrogen-bond acceptors (Lipinski definition) is 4. The number of amides is 1. The van der Waals surface area contributed by atoms with Gasteiger partial charge in [0.25, 0.3) is 0 Å². The maximum Gasteiger partial charge on any atom is 0.223 e. The number of benzene rings is 1. The van der Waals surface area contributed by atoms with Gasteiger partial charge in [-0.15, -0.1) is 0 Å². The van der Waals surface area contributed by atoms with Gasteiger partial charge in [-0.25, -0.2) is 4.98 Å². The SMILES string of the molecule is CC(=O)Nc1nc(-c2ccc(Cl)c(C)c2)c(CN2CCCC[C@H]2C)s1. The van der Waals surface area contributed by atoms with E-state index in [1.807, 2.05) is 19.1 Å². The molecule has 4 nitrogen and oxygen atoms in total. The minimum atomic E-state index is -0.0922. The van der Waals surface area contributed by atoms with Gasteiger partial charge >= 0.3 is 0 Å². The number of anilines is 1. The third-order valence-corrected chi connectivity index (χ3v) is 6.08. The van der Waals surface area contributed by atoms with E-state index in [0.717, 1.165) is 34.9 Å². The van der Waals surface area contributed by atoms with Gasteiger partial charge in [-0.1, -0.05) is 35.4 Å². The Morgan fingerprint density at radius 1 is 1.44 bits per heavy atom. The highest BCUT2D eigenvalue weighted by Crippen LogP contribution is 2.35. The van der Waals surface area contributed by atoms with E-state index in [1.165, 1.54) is 31.1 Å².